The molecule has 0 aliphatic rings. The van der Waals surface area contributed by atoms with Crippen LogP contribution in [0.1, 0.15) is 22.3 Å². The first-order chi connectivity index (χ1) is 32.5. The summed E-state index contributed by atoms with van der Waals surface area (Å²) in [4.78, 5) is 0. The third-order valence-electron chi connectivity index (χ3n) is 12.0. The van der Waals surface area contributed by atoms with E-state index in [1.165, 1.54) is 113 Å². The van der Waals surface area contributed by atoms with Crippen molar-refractivity contribution in [3.8, 4) is 22.3 Å². The average Bonchev–Trinajstić information content (AvgIpc) is 4.21. The van der Waals surface area contributed by atoms with Crippen molar-refractivity contribution in [3.05, 3.63) is 277 Å². The standard InChI is InChI=1S/2C20H15.C14H16Si.2C5H5.2ClH.2Fe.Zr/c2*1-14-12-16-8-5-11-19(20(16)13-14)18-10-4-7-15-6-2-3-9-17(15)18;1-2-6-13(5-1)9-11-15-12-10-14-7-3-4-8-14;2*1-2-4-5-3-1;;;;;/h2*2-13H,1H3;1-8H,9-12H2;2*1-5H;2*1H;;;/q2*-1;-2;2*-1;;;3*+2/p-2. The first-order valence-electron chi connectivity index (χ1n) is 23.1. The molecule has 0 atom stereocenters. The van der Waals surface area contributed by atoms with Gasteiger partial charge in [0.1, 0.15) is 0 Å². The molecule has 0 unspecified atom stereocenters. The summed E-state index contributed by atoms with van der Waals surface area (Å²) in [6.07, 6.45) is 2.60. The minimum atomic E-state index is -0.0510. The van der Waals surface area contributed by atoms with Crippen LogP contribution in [0.15, 0.2) is 255 Å². The van der Waals surface area contributed by atoms with Crippen LogP contribution in [-0.2, 0) is 70.3 Å². The van der Waals surface area contributed by atoms with Gasteiger partial charge in [-0.2, -0.15) is 48.5 Å². The normalized spacial score (nSPS) is 10.0. The average molecular weight is 1130 g/mol. The van der Waals surface area contributed by atoms with E-state index in [1.54, 1.807) is 23.3 Å². The molecule has 0 heterocycles. The van der Waals surface area contributed by atoms with Crippen LogP contribution in [0.4, 0.5) is 0 Å². The van der Waals surface area contributed by atoms with Gasteiger partial charge < -0.3 is 24.8 Å². The molecule has 0 aliphatic carbocycles. The minimum absolute atomic E-state index is 0. The van der Waals surface area contributed by atoms with Gasteiger partial charge in [0.2, 0.25) is 0 Å². The summed E-state index contributed by atoms with van der Waals surface area (Å²) in [5, 5.41) is 10.6. The first kappa shape index (κ1) is 57.8. The maximum Gasteiger partial charge on any atom is -0.172 e. The topological polar surface area (TPSA) is 0 Å². The van der Waals surface area contributed by atoms with Crippen molar-refractivity contribution >= 4 is 48.5 Å². The molecule has 0 aliphatic heterocycles. The number of aryl methyl sites for hydroxylation is 4. The van der Waals surface area contributed by atoms with Crippen molar-refractivity contribution in [3.63, 3.8) is 0 Å². The summed E-state index contributed by atoms with van der Waals surface area (Å²) in [7, 11) is 0. The van der Waals surface area contributed by atoms with Gasteiger partial charge in [-0.15, -0.1) is 69.1 Å². The molecule has 0 saturated carbocycles. The molecule has 0 nitrogen and oxygen atoms in total. The van der Waals surface area contributed by atoms with Crippen LogP contribution in [0, 0.1) is 13.8 Å². The maximum atomic E-state index is 2.28. The van der Waals surface area contributed by atoms with E-state index >= 15 is 0 Å². The van der Waals surface area contributed by atoms with Crippen molar-refractivity contribution in [2.24, 2.45) is 0 Å². The van der Waals surface area contributed by atoms with E-state index in [2.05, 4.69) is 208 Å². The molecule has 0 amide bonds. The van der Waals surface area contributed by atoms with E-state index in [-0.39, 0.29) is 64.4 Å². The third kappa shape index (κ3) is 16.1. The molecule has 0 aromatic heterocycles. The van der Waals surface area contributed by atoms with Gasteiger partial charge in [-0.25, -0.2) is 24.3 Å². The largest absolute Gasteiger partial charge is 0.214 e. The van der Waals surface area contributed by atoms with Gasteiger partial charge in [-0.3, -0.25) is 0 Å². The van der Waals surface area contributed by atoms with Crippen LogP contribution in [0.25, 0.3) is 65.3 Å². The number of halogens is 2. The number of hydrogen-bond acceptors (Lipinski definition) is 0. The number of rotatable bonds is 8. The number of benzene rings is 6. The van der Waals surface area contributed by atoms with E-state index < -0.39 is 0 Å². The van der Waals surface area contributed by atoms with Gasteiger partial charge in [-0.1, -0.05) is 122 Å². The van der Waals surface area contributed by atoms with Crippen LogP contribution in [0.5, 0.6) is 0 Å². The van der Waals surface area contributed by atoms with Crippen LogP contribution in [0.3, 0.4) is 0 Å². The van der Waals surface area contributed by atoms with Gasteiger partial charge in [0.25, 0.3) is 0 Å². The number of hydrogen-bond donors (Lipinski definition) is 0. The van der Waals surface area contributed by atoms with Gasteiger partial charge in [0.05, 0.1) is 0 Å². The van der Waals surface area contributed by atoms with E-state index in [1.807, 2.05) is 60.7 Å². The molecule has 0 spiro atoms. The fourth-order valence-corrected chi connectivity index (χ4v) is 12.0. The second kappa shape index (κ2) is 30.1. The quantitative estimate of drug-likeness (QED) is 0.105. The van der Waals surface area contributed by atoms with Gasteiger partial charge >= 0.3 is 147 Å². The molecule has 6 heteroatoms. The van der Waals surface area contributed by atoms with E-state index in [4.69, 9.17) is 0 Å². The molecule has 0 radical (unpaired) electrons. The van der Waals surface area contributed by atoms with Crippen LogP contribution in [0.2, 0.25) is 12.1 Å². The summed E-state index contributed by atoms with van der Waals surface area (Å²) in [6.45, 7) is 4.32. The Morgan fingerprint density at radius 2 is 0.743 bits per heavy atom. The van der Waals surface area contributed by atoms with Crippen molar-refractivity contribution in [1.82, 2.24) is 0 Å². The predicted octanol–water partition coefficient (Wildman–Crippen LogP) is 11.6. The Balaban J connectivity index is 0.000000203. The fraction of sp³-hybridized carbons (Fsp3) is 0.0938. The predicted molar refractivity (Wildman–Crippen MR) is 285 cm³/mol. The summed E-state index contributed by atoms with van der Waals surface area (Å²) >= 11 is 1.80. The van der Waals surface area contributed by atoms with Gasteiger partial charge in [0, 0.05) is 0 Å². The Morgan fingerprint density at radius 1 is 0.386 bits per heavy atom. The second-order valence-electron chi connectivity index (χ2n) is 16.9. The molecule has 0 N–H and O–H groups in total. The molecule has 70 heavy (non-hydrogen) atoms. The molecular weight excluding hydrogens is 1070 g/mol. The van der Waals surface area contributed by atoms with Crippen molar-refractivity contribution < 1.29 is 82.3 Å². The Kier molecular flexibility index (Phi) is 24.9. The van der Waals surface area contributed by atoms with Crippen LogP contribution < -0.4 is 24.8 Å². The van der Waals surface area contributed by atoms with E-state index in [0.717, 1.165) is 0 Å². The Bertz CT molecular complexity index is 3030. The smallest absolute Gasteiger partial charge is 0.172 e. The monoisotopic (exact) mass is 1120 g/mol. The zero-order valence-electron chi connectivity index (χ0n) is 39.5. The Hall–Kier alpha value is -4.82. The molecule has 12 rings (SSSR count). The molecule has 12 aromatic carbocycles. The van der Waals surface area contributed by atoms with Crippen LogP contribution in [-0.4, -0.2) is 5.43 Å². The van der Waals surface area contributed by atoms with Gasteiger partial charge in [-0.05, 0) is 32.7 Å². The minimum Gasteiger partial charge on any atom is -0.214 e. The van der Waals surface area contributed by atoms with Crippen LogP contribution >= 0.6 is 0 Å². The zero-order chi connectivity index (χ0) is 45.3. The Labute approximate surface area is 464 Å². The molecule has 0 saturated heterocycles. The molecular formula is C64H56Cl2Fe2SiZr-2. The maximum absolute atomic E-state index is 2.28. The van der Waals surface area contributed by atoms with Crippen molar-refractivity contribution in [2.75, 3.05) is 0 Å². The molecule has 0 bridgehead atoms. The van der Waals surface area contributed by atoms with E-state index in [0.29, 0.717) is 0 Å². The summed E-state index contributed by atoms with van der Waals surface area (Å²) in [5.74, 6) is 0. The number of fused-ring (bicyclic) bond motifs is 4. The summed E-state index contributed by atoms with van der Waals surface area (Å²) < 4.78 is 0. The van der Waals surface area contributed by atoms with Gasteiger partial charge in [0.15, 0.2) is 0 Å². The van der Waals surface area contributed by atoms with Crippen molar-refractivity contribution in [1.29, 1.82) is 0 Å². The van der Waals surface area contributed by atoms with Crippen molar-refractivity contribution in [2.45, 2.75) is 38.8 Å². The zero-order valence-corrected chi connectivity index (χ0v) is 46.7. The van der Waals surface area contributed by atoms with E-state index in [9.17, 15) is 0 Å². The molecule has 12 aromatic rings. The Morgan fingerprint density at radius 3 is 1.10 bits per heavy atom. The first-order valence-corrected chi connectivity index (χ1v) is 28.7. The second-order valence-corrected chi connectivity index (χ2v) is 24.3. The molecule has 352 valence electrons. The fourth-order valence-electron chi connectivity index (χ4n) is 8.68. The summed E-state index contributed by atoms with van der Waals surface area (Å²) in [5.41, 5.74) is 10.9. The molecule has 0 fully saturated rings. The summed E-state index contributed by atoms with van der Waals surface area (Å²) in [6, 6.07) is 93.0. The SMILES string of the molecule is Cc1cc2c(-c3cccc4ccccc34)cccc2[cH-]1.Cc1cc2c(-c3cccc4ccccc34)cccc2[cH-]1.[Cl-].[Cl-].[Fe+2].[Fe+2].[Zr+2]=[Si](CCc1ccc[cH-]1)CCc1ccc[cH-]1.c1cc[cH-]c1.c1cc[cH-]c1. The third-order valence-corrected chi connectivity index (χ3v) is 17.3.